The first kappa shape index (κ1) is 16.5. The minimum absolute atomic E-state index is 0.0117. The Morgan fingerprint density at radius 1 is 1.32 bits per heavy atom. The van der Waals surface area contributed by atoms with Gasteiger partial charge in [0, 0.05) is 38.9 Å². The summed E-state index contributed by atoms with van der Waals surface area (Å²) in [5, 5.41) is 4.39. The molecule has 1 aliphatic rings. The molecular weight excluding hydrogens is 280 g/mol. The second-order valence-corrected chi connectivity index (χ2v) is 6.35. The standard InChI is InChI=1S/C16H26N4O2/c1-10(14-11(2)17-19(6)12(14)3)15(21)20-9-7-8-13(20)16(22)18(4)5/h10,13H,7-9H2,1-6H3. The second-order valence-electron chi connectivity index (χ2n) is 6.35. The molecular formula is C16H26N4O2. The lowest BCUT2D eigenvalue weighted by molar-refractivity contribution is -0.142. The van der Waals surface area contributed by atoms with E-state index in [1.165, 1.54) is 0 Å². The number of carbonyl (C=O) groups excluding carboxylic acids is 2. The molecule has 1 saturated heterocycles. The summed E-state index contributed by atoms with van der Waals surface area (Å²) in [5.41, 5.74) is 2.87. The van der Waals surface area contributed by atoms with Crippen molar-refractivity contribution >= 4 is 11.8 Å². The van der Waals surface area contributed by atoms with Crippen LogP contribution < -0.4 is 0 Å². The third kappa shape index (κ3) is 2.74. The summed E-state index contributed by atoms with van der Waals surface area (Å²) in [4.78, 5) is 28.5. The third-order valence-corrected chi connectivity index (χ3v) is 4.63. The molecule has 0 bridgehead atoms. The number of rotatable bonds is 3. The summed E-state index contributed by atoms with van der Waals surface area (Å²) >= 11 is 0. The van der Waals surface area contributed by atoms with Crippen molar-refractivity contribution in [3.8, 4) is 0 Å². The number of likely N-dealkylation sites (N-methyl/N-ethyl adjacent to an activating group) is 1. The van der Waals surface area contributed by atoms with Crippen LogP contribution in [-0.2, 0) is 16.6 Å². The van der Waals surface area contributed by atoms with E-state index in [4.69, 9.17) is 0 Å². The summed E-state index contributed by atoms with van der Waals surface area (Å²) in [5.74, 6) is -0.237. The number of aryl methyl sites for hydroxylation is 2. The maximum absolute atomic E-state index is 12.9. The minimum Gasteiger partial charge on any atom is -0.347 e. The van der Waals surface area contributed by atoms with E-state index in [1.807, 2.05) is 27.8 Å². The predicted molar refractivity (Wildman–Crippen MR) is 84.5 cm³/mol. The van der Waals surface area contributed by atoms with Gasteiger partial charge in [-0.1, -0.05) is 0 Å². The Bertz CT molecular complexity index is 591. The van der Waals surface area contributed by atoms with Crippen molar-refractivity contribution in [2.45, 2.75) is 45.6 Å². The predicted octanol–water partition coefficient (Wildman–Crippen LogP) is 1.22. The quantitative estimate of drug-likeness (QED) is 0.843. The van der Waals surface area contributed by atoms with Crippen LogP contribution in [0.2, 0.25) is 0 Å². The summed E-state index contributed by atoms with van der Waals surface area (Å²) in [6.45, 7) is 6.48. The lowest BCUT2D eigenvalue weighted by atomic mass is 9.97. The Hall–Kier alpha value is -1.85. The number of hydrogen-bond donors (Lipinski definition) is 0. The number of nitrogens with zero attached hydrogens (tertiary/aromatic N) is 4. The Balaban J connectivity index is 2.25. The van der Waals surface area contributed by atoms with Crippen LogP contribution in [-0.4, -0.2) is 58.1 Å². The lowest BCUT2D eigenvalue weighted by Crippen LogP contribution is -2.46. The maximum Gasteiger partial charge on any atom is 0.244 e. The summed E-state index contributed by atoms with van der Waals surface area (Å²) in [7, 11) is 5.36. The zero-order chi connectivity index (χ0) is 16.6. The highest BCUT2D eigenvalue weighted by molar-refractivity contribution is 5.91. The van der Waals surface area contributed by atoms with Crippen LogP contribution in [0.25, 0.3) is 0 Å². The van der Waals surface area contributed by atoms with Gasteiger partial charge in [0.1, 0.15) is 6.04 Å². The number of likely N-dealkylation sites (tertiary alicyclic amines) is 1. The molecule has 2 rings (SSSR count). The fourth-order valence-electron chi connectivity index (χ4n) is 3.37. The van der Waals surface area contributed by atoms with E-state index >= 15 is 0 Å². The van der Waals surface area contributed by atoms with E-state index in [0.717, 1.165) is 29.8 Å². The van der Waals surface area contributed by atoms with Gasteiger partial charge in [-0.3, -0.25) is 14.3 Å². The molecule has 122 valence electrons. The van der Waals surface area contributed by atoms with Crippen LogP contribution in [0.3, 0.4) is 0 Å². The Labute approximate surface area is 132 Å². The van der Waals surface area contributed by atoms with E-state index in [2.05, 4.69) is 5.10 Å². The fraction of sp³-hybridized carbons (Fsp3) is 0.688. The van der Waals surface area contributed by atoms with Gasteiger partial charge in [-0.25, -0.2) is 0 Å². The number of carbonyl (C=O) groups is 2. The van der Waals surface area contributed by atoms with Crippen LogP contribution in [0.4, 0.5) is 0 Å². The minimum atomic E-state index is -0.317. The van der Waals surface area contributed by atoms with Gasteiger partial charge in [0.2, 0.25) is 11.8 Å². The van der Waals surface area contributed by atoms with Crippen LogP contribution >= 0.6 is 0 Å². The average Bonchev–Trinajstić information content (AvgIpc) is 3.02. The molecule has 0 aromatic carbocycles. The van der Waals surface area contributed by atoms with Crippen molar-refractivity contribution in [3.63, 3.8) is 0 Å². The van der Waals surface area contributed by atoms with Gasteiger partial charge in [0.25, 0.3) is 0 Å². The number of amides is 2. The van der Waals surface area contributed by atoms with Crippen LogP contribution in [0, 0.1) is 13.8 Å². The van der Waals surface area contributed by atoms with Crippen LogP contribution in [0.15, 0.2) is 0 Å². The Morgan fingerprint density at radius 2 is 1.95 bits per heavy atom. The molecule has 2 unspecified atom stereocenters. The van der Waals surface area contributed by atoms with Crippen LogP contribution in [0.1, 0.15) is 42.6 Å². The zero-order valence-corrected chi connectivity index (χ0v) is 14.4. The molecule has 0 aliphatic carbocycles. The first-order chi connectivity index (χ1) is 10.3. The molecule has 2 atom stereocenters. The molecule has 0 spiro atoms. The molecule has 2 heterocycles. The molecule has 1 aromatic heterocycles. The van der Waals surface area contributed by atoms with Gasteiger partial charge in [-0.05, 0) is 33.6 Å². The molecule has 6 nitrogen and oxygen atoms in total. The van der Waals surface area contributed by atoms with Gasteiger partial charge in [0.15, 0.2) is 0 Å². The van der Waals surface area contributed by atoms with E-state index in [-0.39, 0.29) is 23.8 Å². The largest absolute Gasteiger partial charge is 0.347 e. The fourth-order valence-corrected chi connectivity index (χ4v) is 3.37. The number of hydrogen-bond acceptors (Lipinski definition) is 3. The Kier molecular flexibility index (Phi) is 4.58. The molecule has 6 heteroatoms. The van der Waals surface area contributed by atoms with E-state index in [9.17, 15) is 9.59 Å². The SMILES string of the molecule is Cc1nn(C)c(C)c1C(C)C(=O)N1CCCC1C(=O)N(C)C. The average molecular weight is 306 g/mol. The summed E-state index contributed by atoms with van der Waals surface area (Å²) < 4.78 is 1.81. The smallest absolute Gasteiger partial charge is 0.244 e. The van der Waals surface area contributed by atoms with Gasteiger partial charge >= 0.3 is 0 Å². The topological polar surface area (TPSA) is 58.4 Å². The highest BCUT2D eigenvalue weighted by Crippen LogP contribution is 2.28. The highest BCUT2D eigenvalue weighted by atomic mass is 16.2. The number of aromatic nitrogens is 2. The zero-order valence-electron chi connectivity index (χ0n) is 14.4. The molecule has 0 saturated carbocycles. The van der Waals surface area contributed by atoms with E-state index < -0.39 is 0 Å². The molecule has 1 aliphatic heterocycles. The second kappa shape index (κ2) is 6.10. The summed E-state index contributed by atoms with van der Waals surface area (Å²) in [6, 6.07) is -0.317. The molecule has 22 heavy (non-hydrogen) atoms. The van der Waals surface area contributed by atoms with Crippen molar-refractivity contribution < 1.29 is 9.59 Å². The molecule has 1 aromatic rings. The van der Waals surface area contributed by atoms with E-state index in [0.29, 0.717) is 6.54 Å². The van der Waals surface area contributed by atoms with Gasteiger partial charge in [0.05, 0.1) is 11.6 Å². The van der Waals surface area contributed by atoms with Gasteiger partial charge < -0.3 is 9.80 Å². The lowest BCUT2D eigenvalue weighted by Gasteiger charge is -2.28. The van der Waals surface area contributed by atoms with Crippen molar-refractivity contribution in [2.75, 3.05) is 20.6 Å². The van der Waals surface area contributed by atoms with Crippen molar-refractivity contribution in [1.29, 1.82) is 0 Å². The normalized spacial score (nSPS) is 19.4. The third-order valence-electron chi connectivity index (χ3n) is 4.63. The first-order valence-corrected chi connectivity index (χ1v) is 7.77. The maximum atomic E-state index is 12.9. The summed E-state index contributed by atoms with van der Waals surface area (Å²) in [6.07, 6.45) is 1.63. The Morgan fingerprint density at radius 3 is 2.45 bits per heavy atom. The first-order valence-electron chi connectivity index (χ1n) is 7.77. The van der Waals surface area contributed by atoms with Gasteiger partial charge in [-0.2, -0.15) is 5.10 Å². The highest BCUT2D eigenvalue weighted by Gasteiger charge is 2.37. The van der Waals surface area contributed by atoms with Crippen molar-refractivity contribution in [2.24, 2.45) is 7.05 Å². The van der Waals surface area contributed by atoms with Gasteiger partial charge in [-0.15, -0.1) is 0 Å². The van der Waals surface area contributed by atoms with Crippen LogP contribution in [0.5, 0.6) is 0 Å². The molecule has 2 amide bonds. The monoisotopic (exact) mass is 306 g/mol. The molecule has 1 fully saturated rings. The molecule has 0 radical (unpaired) electrons. The molecule has 0 N–H and O–H groups in total. The van der Waals surface area contributed by atoms with Crippen molar-refractivity contribution in [1.82, 2.24) is 19.6 Å². The van der Waals surface area contributed by atoms with Crippen molar-refractivity contribution in [3.05, 3.63) is 17.0 Å². The van der Waals surface area contributed by atoms with E-state index in [1.54, 1.807) is 28.6 Å².